The van der Waals surface area contributed by atoms with Gasteiger partial charge in [0.1, 0.15) is 0 Å². The Morgan fingerprint density at radius 1 is 0.897 bits per heavy atom. The van der Waals surface area contributed by atoms with Gasteiger partial charge in [-0.3, -0.25) is 9.69 Å². The number of piperazine rings is 1. The minimum Gasteiger partial charge on any atom is -0.369 e. The number of carbonyl (C=O) groups excluding carboxylic acids is 1. The summed E-state index contributed by atoms with van der Waals surface area (Å²) in [5.41, 5.74) is 11.5. The van der Waals surface area contributed by atoms with E-state index in [1.165, 1.54) is 17.7 Å². The van der Waals surface area contributed by atoms with E-state index in [2.05, 4.69) is 46.2 Å². The number of alkyl halides is 3. The molecule has 1 fully saturated rings. The summed E-state index contributed by atoms with van der Waals surface area (Å²) in [5.74, 6) is -0.621. The number of hydrogen-bond donors (Lipinski definition) is 1. The summed E-state index contributed by atoms with van der Waals surface area (Å²) in [4.78, 5) is 21.9. The van der Waals surface area contributed by atoms with Gasteiger partial charge in [0.2, 0.25) is 5.91 Å². The van der Waals surface area contributed by atoms with Gasteiger partial charge in [-0.25, -0.2) is 4.98 Å². The molecule has 1 amide bonds. The number of hydrogen-bond acceptors (Lipinski definition) is 4. The molecular weight excluding hydrogens is 501 g/mol. The van der Waals surface area contributed by atoms with E-state index in [0.717, 1.165) is 67.2 Å². The quantitative estimate of drug-likeness (QED) is 0.315. The lowest BCUT2D eigenvalue weighted by Crippen LogP contribution is -2.46. The van der Waals surface area contributed by atoms with Gasteiger partial charge >= 0.3 is 6.18 Å². The van der Waals surface area contributed by atoms with Crippen LogP contribution in [0.4, 0.5) is 18.9 Å². The Bertz CT molecular complexity index is 1540. The first-order valence-corrected chi connectivity index (χ1v) is 12.9. The van der Waals surface area contributed by atoms with Crippen LogP contribution in [0.2, 0.25) is 0 Å². The number of rotatable bonds is 5. The van der Waals surface area contributed by atoms with Gasteiger partial charge in [0, 0.05) is 61.5 Å². The molecule has 0 bridgehead atoms. The first kappa shape index (κ1) is 25.1. The van der Waals surface area contributed by atoms with E-state index in [4.69, 9.17) is 10.7 Å². The number of benzene rings is 3. The highest BCUT2D eigenvalue weighted by Gasteiger charge is 2.31. The maximum Gasteiger partial charge on any atom is 0.416 e. The van der Waals surface area contributed by atoms with Crippen LogP contribution in [-0.2, 0) is 19.1 Å². The average molecular weight is 529 g/mol. The van der Waals surface area contributed by atoms with Crippen molar-refractivity contribution in [2.24, 2.45) is 5.73 Å². The van der Waals surface area contributed by atoms with Crippen molar-refractivity contribution >= 4 is 11.6 Å². The second-order valence-electron chi connectivity index (χ2n) is 10.1. The lowest BCUT2D eigenvalue weighted by atomic mass is 10.0. The van der Waals surface area contributed by atoms with Gasteiger partial charge in [-0.15, -0.1) is 0 Å². The number of amides is 1. The standard InChI is InChI=1S/C31H27F3N4O/c32-31(33,34)23-8-4-7-21(15-23)28-18-27(30(35)39)26-17-22-16-24(9-10-25(22)29(26)36-28)38-13-11-37(12-14-38)19-20-5-2-1-3-6-20/h1-10,15-16,18H,11-14,17,19H2,(H2,35,39). The number of fused-ring (bicyclic) bond motifs is 3. The van der Waals surface area contributed by atoms with Crippen molar-refractivity contribution < 1.29 is 18.0 Å². The van der Waals surface area contributed by atoms with E-state index in [0.29, 0.717) is 23.4 Å². The number of primary amides is 1. The molecule has 2 N–H and O–H groups in total. The third-order valence-corrected chi connectivity index (χ3v) is 7.57. The Morgan fingerprint density at radius 3 is 2.38 bits per heavy atom. The molecule has 198 valence electrons. The molecule has 2 aliphatic rings. The molecule has 6 rings (SSSR count). The Morgan fingerprint density at radius 2 is 1.67 bits per heavy atom. The molecule has 0 radical (unpaired) electrons. The van der Waals surface area contributed by atoms with Crippen molar-refractivity contribution in [1.29, 1.82) is 0 Å². The zero-order valence-electron chi connectivity index (χ0n) is 21.2. The van der Waals surface area contributed by atoms with Crippen LogP contribution in [0.1, 0.15) is 32.6 Å². The molecule has 4 aromatic rings. The molecule has 3 aromatic carbocycles. The molecule has 1 aromatic heterocycles. The molecule has 0 saturated carbocycles. The summed E-state index contributed by atoms with van der Waals surface area (Å²) in [6.07, 6.45) is -3.98. The third-order valence-electron chi connectivity index (χ3n) is 7.57. The van der Waals surface area contributed by atoms with Crippen LogP contribution in [0.5, 0.6) is 0 Å². The maximum atomic E-state index is 13.3. The topological polar surface area (TPSA) is 62.5 Å². The van der Waals surface area contributed by atoms with Crippen molar-refractivity contribution in [3.05, 3.63) is 107 Å². The van der Waals surface area contributed by atoms with Gasteiger partial charge in [0.15, 0.2) is 0 Å². The second kappa shape index (κ2) is 9.85. The highest BCUT2D eigenvalue weighted by Crippen LogP contribution is 2.41. The van der Waals surface area contributed by atoms with Crippen LogP contribution in [0.15, 0.2) is 78.9 Å². The van der Waals surface area contributed by atoms with Gasteiger partial charge in [-0.05, 0) is 47.0 Å². The number of anilines is 1. The summed E-state index contributed by atoms with van der Waals surface area (Å²) in [6.45, 7) is 4.66. The smallest absolute Gasteiger partial charge is 0.369 e. The summed E-state index contributed by atoms with van der Waals surface area (Å²) in [6, 6.07) is 23.1. The molecule has 1 aliphatic carbocycles. The molecule has 0 spiro atoms. The highest BCUT2D eigenvalue weighted by molar-refractivity contribution is 5.98. The lowest BCUT2D eigenvalue weighted by Gasteiger charge is -2.36. The van der Waals surface area contributed by atoms with E-state index >= 15 is 0 Å². The molecule has 0 atom stereocenters. The Kier molecular flexibility index (Phi) is 6.35. The van der Waals surface area contributed by atoms with E-state index in [-0.39, 0.29) is 5.56 Å². The largest absolute Gasteiger partial charge is 0.416 e. The van der Waals surface area contributed by atoms with Crippen LogP contribution in [0.25, 0.3) is 22.5 Å². The van der Waals surface area contributed by atoms with Gasteiger partial charge in [0.25, 0.3) is 0 Å². The van der Waals surface area contributed by atoms with Gasteiger partial charge in [-0.2, -0.15) is 13.2 Å². The zero-order chi connectivity index (χ0) is 27.1. The molecule has 1 saturated heterocycles. The SMILES string of the molecule is NC(=O)c1cc(-c2cccc(C(F)(F)F)c2)nc2c1Cc1cc(N3CCN(Cc4ccccc4)CC3)ccc1-2. The Labute approximate surface area is 224 Å². The molecule has 1 aliphatic heterocycles. The first-order chi connectivity index (χ1) is 18.8. The van der Waals surface area contributed by atoms with Crippen LogP contribution in [0, 0.1) is 0 Å². The molecule has 5 nitrogen and oxygen atoms in total. The average Bonchev–Trinajstić information content (AvgIpc) is 3.31. The molecule has 8 heteroatoms. The molecule has 0 unspecified atom stereocenters. The van der Waals surface area contributed by atoms with Gasteiger partial charge < -0.3 is 10.6 Å². The fraction of sp³-hybridized carbons (Fsp3) is 0.226. The third kappa shape index (κ3) is 5.00. The summed E-state index contributed by atoms with van der Waals surface area (Å²) in [7, 11) is 0. The number of nitrogens with two attached hydrogens (primary N) is 1. The number of halogens is 3. The summed E-state index contributed by atoms with van der Waals surface area (Å²) >= 11 is 0. The van der Waals surface area contributed by atoms with Crippen LogP contribution >= 0.6 is 0 Å². The molecule has 2 heterocycles. The van der Waals surface area contributed by atoms with E-state index in [9.17, 15) is 18.0 Å². The van der Waals surface area contributed by atoms with Crippen molar-refractivity contribution in [3.8, 4) is 22.5 Å². The monoisotopic (exact) mass is 528 g/mol. The zero-order valence-corrected chi connectivity index (χ0v) is 21.2. The van der Waals surface area contributed by atoms with E-state index < -0.39 is 17.6 Å². The minimum absolute atomic E-state index is 0.286. The van der Waals surface area contributed by atoms with E-state index in [1.807, 2.05) is 12.1 Å². The summed E-state index contributed by atoms with van der Waals surface area (Å²) in [5, 5.41) is 0. The maximum absolute atomic E-state index is 13.3. The van der Waals surface area contributed by atoms with Crippen LogP contribution in [-0.4, -0.2) is 42.0 Å². The lowest BCUT2D eigenvalue weighted by molar-refractivity contribution is -0.137. The Hall–Kier alpha value is -4.17. The van der Waals surface area contributed by atoms with Crippen molar-refractivity contribution in [3.63, 3.8) is 0 Å². The molecular formula is C31H27F3N4O. The van der Waals surface area contributed by atoms with Crippen LogP contribution in [0.3, 0.4) is 0 Å². The minimum atomic E-state index is -4.48. The predicted molar refractivity (Wildman–Crippen MR) is 145 cm³/mol. The fourth-order valence-corrected chi connectivity index (χ4v) is 5.55. The molecule has 39 heavy (non-hydrogen) atoms. The van der Waals surface area contributed by atoms with Crippen molar-refractivity contribution in [2.45, 2.75) is 19.1 Å². The van der Waals surface area contributed by atoms with Gasteiger partial charge in [0.05, 0.1) is 17.0 Å². The highest BCUT2D eigenvalue weighted by atomic mass is 19.4. The van der Waals surface area contributed by atoms with E-state index in [1.54, 1.807) is 6.07 Å². The first-order valence-electron chi connectivity index (χ1n) is 12.9. The Balaban J connectivity index is 1.26. The predicted octanol–water partition coefficient (Wildman–Crippen LogP) is 5.76. The van der Waals surface area contributed by atoms with Crippen molar-refractivity contribution in [1.82, 2.24) is 9.88 Å². The van der Waals surface area contributed by atoms with Crippen molar-refractivity contribution in [2.75, 3.05) is 31.1 Å². The fourth-order valence-electron chi connectivity index (χ4n) is 5.55. The number of aromatic nitrogens is 1. The second-order valence-corrected chi connectivity index (χ2v) is 10.1. The van der Waals surface area contributed by atoms with Gasteiger partial charge in [-0.1, -0.05) is 48.5 Å². The number of nitrogens with zero attached hydrogens (tertiary/aromatic N) is 3. The summed E-state index contributed by atoms with van der Waals surface area (Å²) < 4.78 is 40.0. The normalized spacial score (nSPS) is 15.2. The number of carbonyl (C=O) groups is 1. The number of pyridine rings is 1. The van der Waals surface area contributed by atoms with Crippen LogP contribution < -0.4 is 10.6 Å².